The van der Waals surface area contributed by atoms with Gasteiger partial charge < -0.3 is 0 Å². The first-order valence-electron chi connectivity index (χ1n) is 4.03. The summed E-state index contributed by atoms with van der Waals surface area (Å²) in [5.41, 5.74) is 5.95. The Morgan fingerprint density at radius 1 is 1.46 bits per heavy atom. The van der Waals surface area contributed by atoms with Gasteiger partial charge >= 0.3 is 0 Å². The van der Waals surface area contributed by atoms with Gasteiger partial charge in [-0.25, -0.2) is 0 Å². The highest BCUT2D eigenvalue weighted by Crippen LogP contribution is 2.19. The van der Waals surface area contributed by atoms with Crippen LogP contribution in [0.5, 0.6) is 0 Å². The number of para-hydroxylation sites is 1. The number of carbonyl (C=O) groups excluding carboxylic acids is 1. The van der Waals surface area contributed by atoms with Gasteiger partial charge in [0.15, 0.2) is 0 Å². The molecule has 0 aliphatic heterocycles. The molecule has 0 unspecified atom stereocenters. The minimum atomic E-state index is -0.0695. The maximum Gasteiger partial charge on any atom is 0.238 e. The molecule has 70 valence electrons. The monoisotopic (exact) mass is 198 g/mol. The van der Waals surface area contributed by atoms with Crippen LogP contribution in [0.4, 0.5) is 5.69 Å². The Hall–Kier alpha value is -1.22. The lowest BCUT2D eigenvalue weighted by Crippen LogP contribution is -2.28. The molecule has 1 aromatic carbocycles. The van der Waals surface area contributed by atoms with Crippen LogP contribution in [0.3, 0.4) is 0 Å². The SMILES string of the molecule is CCC(=O)NNc1ccccc1Cl. The van der Waals surface area contributed by atoms with E-state index >= 15 is 0 Å². The first-order chi connectivity index (χ1) is 6.24. The van der Waals surface area contributed by atoms with Crippen LogP contribution in [0, 0.1) is 0 Å². The van der Waals surface area contributed by atoms with Gasteiger partial charge in [-0.3, -0.25) is 15.6 Å². The molecule has 0 fully saturated rings. The van der Waals surface area contributed by atoms with Gasteiger partial charge in [0.2, 0.25) is 5.91 Å². The predicted molar refractivity (Wildman–Crippen MR) is 53.5 cm³/mol. The molecule has 0 spiro atoms. The van der Waals surface area contributed by atoms with Crippen molar-refractivity contribution in [1.82, 2.24) is 5.43 Å². The number of hydrogen-bond acceptors (Lipinski definition) is 2. The molecule has 0 bridgehead atoms. The largest absolute Gasteiger partial charge is 0.297 e. The summed E-state index contributed by atoms with van der Waals surface area (Å²) in [4.78, 5) is 10.9. The lowest BCUT2D eigenvalue weighted by Gasteiger charge is -2.08. The molecule has 3 nitrogen and oxygen atoms in total. The zero-order valence-electron chi connectivity index (χ0n) is 7.30. The van der Waals surface area contributed by atoms with Crippen LogP contribution >= 0.6 is 11.6 Å². The number of nitrogens with one attached hydrogen (secondary N) is 2. The first kappa shape index (κ1) is 9.86. The van der Waals surface area contributed by atoms with Crippen LogP contribution in [0.25, 0.3) is 0 Å². The van der Waals surface area contributed by atoms with Crippen molar-refractivity contribution in [3.63, 3.8) is 0 Å². The molecule has 0 heterocycles. The summed E-state index contributed by atoms with van der Waals surface area (Å²) >= 11 is 5.84. The molecule has 1 amide bonds. The number of amides is 1. The van der Waals surface area contributed by atoms with Crippen LogP contribution in [-0.4, -0.2) is 5.91 Å². The summed E-state index contributed by atoms with van der Waals surface area (Å²) in [6.45, 7) is 1.78. The second-order valence-corrected chi connectivity index (χ2v) is 2.91. The number of rotatable bonds is 3. The van der Waals surface area contributed by atoms with E-state index < -0.39 is 0 Å². The number of benzene rings is 1. The normalized spacial score (nSPS) is 9.38. The molecular formula is C9H11ClN2O. The third kappa shape index (κ3) is 2.95. The molecule has 13 heavy (non-hydrogen) atoms. The van der Waals surface area contributed by atoms with E-state index in [0.717, 1.165) is 0 Å². The van der Waals surface area contributed by atoms with Crippen LogP contribution in [0.1, 0.15) is 13.3 Å². The third-order valence-electron chi connectivity index (χ3n) is 1.53. The van der Waals surface area contributed by atoms with Gasteiger partial charge in [-0.2, -0.15) is 0 Å². The minimum absolute atomic E-state index is 0.0695. The fourth-order valence-corrected chi connectivity index (χ4v) is 0.971. The third-order valence-corrected chi connectivity index (χ3v) is 1.86. The second-order valence-electron chi connectivity index (χ2n) is 2.51. The van der Waals surface area contributed by atoms with E-state index in [9.17, 15) is 4.79 Å². The van der Waals surface area contributed by atoms with Crippen molar-refractivity contribution in [2.75, 3.05) is 5.43 Å². The summed E-state index contributed by atoms with van der Waals surface area (Å²) < 4.78 is 0. The molecule has 0 saturated carbocycles. The van der Waals surface area contributed by atoms with Crippen LogP contribution in [0.15, 0.2) is 24.3 Å². The average molecular weight is 199 g/mol. The molecule has 4 heteroatoms. The highest BCUT2D eigenvalue weighted by atomic mass is 35.5. The number of anilines is 1. The molecule has 1 rings (SSSR count). The smallest absolute Gasteiger partial charge is 0.238 e. The quantitative estimate of drug-likeness (QED) is 0.732. The molecule has 0 atom stereocenters. The Morgan fingerprint density at radius 2 is 2.15 bits per heavy atom. The predicted octanol–water partition coefficient (Wildman–Crippen LogP) is 2.19. The maximum atomic E-state index is 10.9. The Labute approximate surface area is 82.1 Å². The van der Waals surface area contributed by atoms with Gasteiger partial charge in [0, 0.05) is 6.42 Å². The topological polar surface area (TPSA) is 41.1 Å². The lowest BCUT2D eigenvalue weighted by atomic mass is 10.3. The van der Waals surface area contributed by atoms with Crippen molar-refractivity contribution in [1.29, 1.82) is 0 Å². The summed E-state index contributed by atoms with van der Waals surface area (Å²) in [6, 6.07) is 7.21. The molecular weight excluding hydrogens is 188 g/mol. The minimum Gasteiger partial charge on any atom is -0.297 e. The Bertz CT molecular complexity index is 301. The van der Waals surface area contributed by atoms with E-state index in [2.05, 4.69) is 10.9 Å². The fourth-order valence-electron chi connectivity index (χ4n) is 0.788. The molecule has 2 N–H and O–H groups in total. The van der Waals surface area contributed by atoms with Gasteiger partial charge in [-0.1, -0.05) is 30.7 Å². The zero-order valence-corrected chi connectivity index (χ0v) is 8.06. The van der Waals surface area contributed by atoms with Crippen LogP contribution in [-0.2, 0) is 4.79 Å². The number of halogens is 1. The molecule has 0 radical (unpaired) electrons. The Morgan fingerprint density at radius 3 is 2.77 bits per heavy atom. The molecule has 0 aliphatic carbocycles. The summed E-state index contributed by atoms with van der Waals surface area (Å²) in [6.07, 6.45) is 0.442. The van der Waals surface area contributed by atoms with E-state index in [4.69, 9.17) is 11.6 Å². The van der Waals surface area contributed by atoms with Crippen molar-refractivity contribution >= 4 is 23.2 Å². The Balaban J connectivity index is 2.54. The van der Waals surface area contributed by atoms with Gasteiger partial charge in [0.25, 0.3) is 0 Å². The van der Waals surface area contributed by atoms with Crippen molar-refractivity contribution < 1.29 is 4.79 Å². The molecule has 0 aromatic heterocycles. The lowest BCUT2D eigenvalue weighted by molar-refractivity contribution is -0.120. The van der Waals surface area contributed by atoms with Gasteiger partial charge in [-0.05, 0) is 12.1 Å². The van der Waals surface area contributed by atoms with Crippen molar-refractivity contribution in [2.45, 2.75) is 13.3 Å². The fraction of sp³-hybridized carbons (Fsp3) is 0.222. The molecule has 1 aromatic rings. The summed E-state index contributed by atoms with van der Waals surface area (Å²) in [7, 11) is 0. The van der Waals surface area contributed by atoms with Gasteiger partial charge in [0.1, 0.15) is 0 Å². The number of hydrazine groups is 1. The van der Waals surface area contributed by atoms with Crippen molar-refractivity contribution in [3.05, 3.63) is 29.3 Å². The number of carbonyl (C=O) groups is 1. The van der Waals surface area contributed by atoms with Crippen molar-refractivity contribution in [3.8, 4) is 0 Å². The zero-order chi connectivity index (χ0) is 9.68. The van der Waals surface area contributed by atoms with Gasteiger partial charge in [0.05, 0.1) is 10.7 Å². The maximum absolute atomic E-state index is 10.9. The second kappa shape index (κ2) is 4.72. The summed E-state index contributed by atoms with van der Waals surface area (Å²) in [5, 5.41) is 0.582. The number of hydrogen-bond donors (Lipinski definition) is 2. The summed E-state index contributed by atoms with van der Waals surface area (Å²) in [5.74, 6) is -0.0695. The molecule has 0 aliphatic rings. The van der Waals surface area contributed by atoms with E-state index in [1.165, 1.54) is 0 Å². The average Bonchev–Trinajstić information content (AvgIpc) is 2.16. The standard InChI is InChI=1S/C9H11ClN2O/c1-2-9(13)12-11-8-6-4-3-5-7(8)10/h3-6,11H,2H2,1H3,(H,12,13). The van der Waals surface area contributed by atoms with Gasteiger partial charge in [-0.15, -0.1) is 0 Å². The van der Waals surface area contributed by atoms with E-state index in [0.29, 0.717) is 17.1 Å². The molecule has 0 saturated heterocycles. The first-order valence-corrected chi connectivity index (χ1v) is 4.41. The van der Waals surface area contributed by atoms with Crippen LogP contribution < -0.4 is 10.9 Å². The van der Waals surface area contributed by atoms with E-state index in [1.54, 1.807) is 19.1 Å². The van der Waals surface area contributed by atoms with Crippen molar-refractivity contribution in [2.24, 2.45) is 0 Å². The van der Waals surface area contributed by atoms with Crippen LogP contribution in [0.2, 0.25) is 5.02 Å². The highest BCUT2D eigenvalue weighted by Gasteiger charge is 1.98. The highest BCUT2D eigenvalue weighted by molar-refractivity contribution is 6.33. The van der Waals surface area contributed by atoms with E-state index in [1.807, 2.05) is 12.1 Å². The van der Waals surface area contributed by atoms with E-state index in [-0.39, 0.29) is 5.91 Å². The Kier molecular flexibility index (Phi) is 3.58.